The number of benzene rings is 2. The first kappa shape index (κ1) is 25.1. The molecule has 1 aliphatic rings. The highest BCUT2D eigenvalue weighted by Gasteiger charge is 2.31. The van der Waals surface area contributed by atoms with Gasteiger partial charge in [-0.3, -0.25) is 30.1 Å². The monoisotopic (exact) mass is 497 g/mol. The van der Waals surface area contributed by atoms with Gasteiger partial charge in [0.15, 0.2) is 0 Å². The Bertz CT molecular complexity index is 1160. The third kappa shape index (κ3) is 6.30. The van der Waals surface area contributed by atoms with Crippen LogP contribution in [0.2, 0.25) is 0 Å². The first-order chi connectivity index (χ1) is 16.3. The number of nitrogens with one attached hydrogen (secondary N) is 2. The summed E-state index contributed by atoms with van der Waals surface area (Å²) in [4.78, 5) is 50.5. The number of ether oxygens (including phenoxy) is 1. The van der Waals surface area contributed by atoms with E-state index in [4.69, 9.17) is 12.2 Å². The third-order valence-electron chi connectivity index (χ3n) is 4.99. The molecule has 0 spiro atoms. The summed E-state index contributed by atoms with van der Waals surface area (Å²) in [6.45, 7) is 2.09. The maximum absolute atomic E-state index is 12.7. The molecule has 0 aliphatic carbocycles. The van der Waals surface area contributed by atoms with Crippen LogP contribution in [-0.4, -0.2) is 46.6 Å². The van der Waals surface area contributed by atoms with E-state index in [0.29, 0.717) is 26.8 Å². The zero-order valence-corrected chi connectivity index (χ0v) is 20.3. The fourth-order valence-electron chi connectivity index (χ4n) is 3.16. The van der Waals surface area contributed by atoms with Crippen LogP contribution in [0.4, 0.5) is 0 Å². The average molecular weight is 498 g/mol. The van der Waals surface area contributed by atoms with E-state index < -0.39 is 11.9 Å². The largest absolute Gasteiger partial charge is 0.465 e. The smallest absolute Gasteiger partial charge is 0.337 e. The molecule has 0 atom stereocenters. The van der Waals surface area contributed by atoms with Crippen molar-refractivity contribution in [2.75, 3.05) is 13.7 Å². The number of rotatable bonds is 7. The lowest BCUT2D eigenvalue weighted by atomic mass is 10.1. The van der Waals surface area contributed by atoms with Crippen molar-refractivity contribution in [3.05, 3.63) is 75.7 Å². The van der Waals surface area contributed by atoms with Gasteiger partial charge in [0, 0.05) is 18.5 Å². The fourth-order valence-corrected chi connectivity index (χ4v) is 4.47. The number of hydrogen-bond acceptors (Lipinski definition) is 7. The van der Waals surface area contributed by atoms with E-state index in [2.05, 4.69) is 15.6 Å². The van der Waals surface area contributed by atoms with Gasteiger partial charge >= 0.3 is 5.97 Å². The number of thioether (sulfide) groups is 1. The molecule has 2 aromatic carbocycles. The van der Waals surface area contributed by atoms with Gasteiger partial charge in [0.25, 0.3) is 11.8 Å². The van der Waals surface area contributed by atoms with Crippen molar-refractivity contribution in [3.63, 3.8) is 0 Å². The molecule has 1 heterocycles. The van der Waals surface area contributed by atoms with Crippen molar-refractivity contribution in [2.45, 2.75) is 19.8 Å². The minimum absolute atomic E-state index is 0.110. The highest BCUT2D eigenvalue weighted by atomic mass is 32.2. The van der Waals surface area contributed by atoms with E-state index in [1.807, 2.05) is 19.1 Å². The molecular weight excluding hydrogens is 474 g/mol. The second kappa shape index (κ2) is 11.6. The van der Waals surface area contributed by atoms with Crippen LogP contribution in [0.1, 0.15) is 44.7 Å². The molecule has 0 saturated carbocycles. The van der Waals surface area contributed by atoms with Crippen LogP contribution >= 0.6 is 24.0 Å². The minimum Gasteiger partial charge on any atom is -0.465 e. The van der Waals surface area contributed by atoms with Gasteiger partial charge in [0.05, 0.1) is 17.6 Å². The molecule has 0 radical (unpaired) electrons. The molecule has 0 aromatic heterocycles. The Kier molecular flexibility index (Phi) is 8.55. The molecule has 0 unspecified atom stereocenters. The normalized spacial score (nSPS) is 14.3. The number of esters is 1. The number of carbonyl (C=O) groups is 4. The number of hydrogen-bond donors (Lipinski definition) is 2. The minimum atomic E-state index is -0.434. The molecule has 34 heavy (non-hydrogen) atoms. The summed E-state index contributed by atoms with van der Waals surface area (Å²) in [5.41, 5.74) is 7.23. The predicted octanol–water partition coefficient (Wildman–Crippen LogP) is 3.22. The van der Waals surface area contributed by atoms with Gasteiger partial charge in [-0.25, -0.2) is 4.79 Å². The van der Waals surface area contributed by atoms with Gasteiger partial charge in [0.2, 0.25) is 5.91 Å². The third-order valence-corrected chi connectivity index (χ3v) is 6.37. The average Bonchev–Trinajstić information content (AvgIpc) is 3.10. The topological polar surface area (TPSA) is 105 Å². The summed E-state index contributed by atoms with van der Waals surface area (Å²) in [5, 5.41) is 0. The second-order valence-electron chi connectivity index (χ2n) is 7.37. The van der Waals surface area contributed by atoms with Crippen LogP contribution in [0, 0.1) is 6.92 Å². The van der Waals surface area contributed by atoms with Crippen molar-refractivity contribution in [1.82, 2.24) is 15.8 Å². The SMILES string of the molecule is COC(=O)c1ccc(/C=C2\SC(=S)N(CCCC(=O)NNC(=O)c3ccccc3C)C2=O)cc1. The molecule has 3 amide bonds. The Morgan fingerprint density at radius 2 is 1.79 bits per heavy atom. The molecule has 176 valence electrons. The molecule has 2 aromatic rings. The molecule has 3 rings (SSSR count). The molecular formula is C24H23N3O5S2. The molecule has 8 nitrogen and oxygen atoms in total. The van der Waals surface area contributed by atoms with Crippen LogP contribution in [0.15, 0.2) is 53.4 Å². The first-order valence-electron chi connectivity index (χ1n) is 10.4. The maximum atomic E-state index is 12.7. The molecule has 1 aliphatic heterocycles. The first-order valence-corrected chi connectivity index (χ1v) is 11.6. The highest BCUT2D eigenvalue weighted by Crippen LogP contribution is 2.32. The number of thiocarbonyl (C=S) groups is 1. The molecule has 1 fully saturated rings. The van der Waals surface area contributed by atoms with Crippen LogP contribution in [0.3, 0.4) is 0 Å². The maximum Gasteiger partial charge on any atom is 0.337 e. The summed E-state index contributed by atoms with van der Waals surface area (Å²) in [6, 6.07) is 13.7. The number of nitrogens with zero attached hydrogens (tertiary/aromatic N) is 1. The van der Waals surface area contributed by atoms with Crippen LogP contribution in [-0.2, 0) is 14.3 Å². The van der Waals surface area contributed by atoms with Crippen molar-refractivity contribution < 1.29 is 23.9 Å². The highest BCUT2D eigenvalue weighted by molar-refractivity contribution is 8.26. The Morgan fingerprint density at radius 3 is 2.47 bits per heavy atom. The van der Waals surface area contributed by atoms with E-state index in [0.717, 1.165) is 11.1 Å². The van der Waals surface area contributed by atoms with Crippen molar-refractivity contribution in [2.24, 2.45) is 0 Å². The fraction of sp³-hybridized carbons (Fsp3) is 0.208. The number of amides is 3. The molecule has 10 heteroatoms. The van der Waals surface area contributed by atoms with E-state index in [-0.39, 0.29) is 24.8 Å². The molecule has 2 N–H and O–H groups in total. The van der Waals surface area contributed by atoms with Gasteiger partial charge < -0.3 is 4.74 Å². The van der Waals surface area contributed by atoms with Crippen LogP contribution < -0.4 is 10.9 Å². The van der Waals surface area contributed by atoms with E-state index in [9.17, 15) is 19.2 Å². The lowest BCUT2D eigenvalue weighted by Crippen LogP contribution is -2.42. The van der Waals surface area contributed by atoms with Gasteiger partial charge in [-0.1, -0.05) is 54.3 Å². The standard InChI is InChI=1S/C24H23N3O5S2/c1-15-6-3-4-7-18(15)21(29)26-25-20(28)8-5-13-27-22(30)19(34-24(27)33)14-16-9-11-17(12-10-16)23(31)32-2/h3-4,6-7,9-12,14H,5,8,13H2,1-2H3,(H,25,28)(H,26,29)/b19-14-. The molecule has 1 saturated heterocycles. The number of hydrazine groups is 1. The summed E-state index contributed by atoms with van der Waals surface area (Å²) >= 11 is 6.50. The Morgan fingerprint density at radius 1 is 1.09 bits per heavy atom. The second-order valence-corrected chi connectivity index (χ2v) is 9.04. The Balaban J connectivity index is 1.48. The number of aryl methyl sites for hydroxylation is 1. The van der Waals surface area contributed by atoms with Gasteiger partial charge in [-0.2, -0.15) is 0 Å². The lowest BCUT2D eigenvalue weighted by Gasteiger charge is -2.14. The van der Waals surface area contributed by atoms with Crippen molar-refractivity contribution in [3.8, 4) is 0 Å². The zero-order valence-electron chi connectivity index (χ0n) is 18.6. The van der Waals surface area contributed by atoms with Crippen molar-refractivity contribution in [1.29, 1.82) is 0 Å². The van der Waals surface area contributed by atoms with E-state index >= 15 is 0 Å². The quantitative estimate of drug-likeness (QED) is 0.262. The zero-order chi connectivity index (χ0) is 24.7. The van der Waals surface area contributed by atoms with Gasteiger partial charge in [-0.15, -0.1) is 0 Å². The van der Waals surface area contributed by atoms with Crippen LogP contribution in [0.25, 0.3) is 6.08 Å². The van der Waals surface area contributed by atoms with Crippen LogP contribution in [0.5, 0.6) is 0 Å². The number of methoxy groups -OCH3 is 1. The summed E-state index contributed by atoms with van der Waals surface area (Å²) in [7, 11) is 1.31. The van der Waals surface area contributed by atoms with Gasteiger partial charge in [0.1, 0.15) is 4.32 Å². The Labute approximate surface area is 206 Å². The summed E-state index contributed by atoms with van der Waals surface area (Å²) < 4.78 is 5.09. The van der Waals surface area contributed by atoms with E-state index in [1.54, 1.807) is 42.5 Å². The number of carbonyl (C=O) groups excluding carboxylic acids is 4. The lowest BCUT2D eigenvalue weighted by molar-refractivity contribution is -0.124. The summed E-state index contributed by atoms with van der Waals surface area (Å²) in [6.07, 6.45) is 2.19. The predicted molar refractivity (Wildman–Crippen MR) is 134 cm³/mol. The van der Waals surface area contributed by atoms with Crippen molar-refractivity contribution >= 4 is 58.1 Å². The molecule has 0 bridgehead atoms. The van der Waals surface area contributed by atoms with E-state index in [1.165, 1.54) is 23.8 Å². The summed E-state index contributed by atoms with van der Waals surface area (Å²) in [5.74, 6) is -1.43. The van der Waals surface area contributed by atoms with Gasteiger partial charge in [-0.05, 0) is 48.7 Å². The Hall–Kier alpha value is -3.50.